The first kappa shape index (κ1) is 12.6. The summed E-state index contributed by atoms with van der Waals surface area (Å²) in [5.41, 5.74) is 5.33. The van der Waals surface area contributed by atoms with Crippen molar-refractivity contribution in [2.45, 2.75) is 38.6 Å². The number of aromatic amines is 1. The van der Waals surface area contributed by atoms with Crippen molar-refractivity contribution < 1.29 is 4.79 Å². The van der Waals surface area contributed by atoms with Crippen LogP contribution in [-0.2, 0) is 32.9 Å². The molecule has 1 aliphatic carbocycles. The Hall–Kier alpha value is -2.11. The number of nitrogens with zero attached hydrogens (tertiary/aromatic N) is 4. The highest BCUT2D eigenvalue weighted by atomic mass is 16.2. The molecule has 0 atom stereocenters. The fourth-order valence-electron chi connectivity index (χ4n) is 3.50. The molecule has 0 fully saturated rings. The molecule has 2 aliphatic rings. The standard InChI is InChI=1S/C15H19N5O/c1-19-13-6-3-7-20(9-10(13)8-16-19)15(21)14-11-4-2-5-12(11)17-18-14/h8H,2-7,9H2,1H3,(H,17,18). The van der Waals surface area contributed by atoms with Gasteiger partial charge in [0.25, 0.3) is 5.91 Å². The van der Waals surface area contributed by atoms with E-state index in [1.165, 1.54) is 5.69 Å². The summed E-state index contributed by atoms with van der Waals surface area (Å²) in [6.45, 7) is 1.43. The Morgan fingerprint density at radius 1 is 1.29 bits per heavy atom. The van der Waals surface area contributed by atoms with Crippen molar-refractivity contribution in [3.8, 4) is 0 Å². The number of carbonyl (C=O) groups is 1. The van der Waals surface area contributed by atoms with E-state index in [1.54, 1.807) is 0 Å². The number of fused-ring (bicyclic) bond motifs is 2. The van der Waals surface area contributed by atoms with E-state index < -0.39 is 0 Å². The van der Waals surface area contributed by atoms with Gasteiger partial charge in [-0.3, -0.25) is 14.6 Å². The Balaban J connectivity index is 1.62. The summed E-state index contributed by atoms with van der Waals surface area (Å²) in [6.07, 6.45) is 6.95. The van der Waals surface area contributed by atoms with Crippen molar-refractivity contribution in [2.75, 3.05) is 6.54 Å². The summed E-state index contributed by atoms with van der Waals surface area (Å²) < 4.78 is 1.93. The molecule has 3 heterocycles. The van der Waals surface area contributed by atoms with Crippen LogP contribution in [0.4, 0.5) is 0 Å². The lowest BCUT2D eigenvalue weighted by atomic mass is 10.1. The fourth-order valence-corrected chi connectivity index (χ4v) is 3.50. The van der Waals surface area contributed by atoms with E-state index in [4.69, 9.17) is 0 Å². The van der Waals surface area contributed by atoms with E-state index in [0.717, 1.165) is 55.5 Å². The number of hydrogen-bond donors (Lipinski definition) is 1. The van der Waals surface area contributed by atoms with Crippen molar-refractivity contribution in [2.24, 2.45) is 7.05 Å². The molecule has 6 nitrogen and oxygen atoms in total. The van der Waals surface area contributed by atoms with Gasteiger partial charge in [0.1, 0.15) is 0 Å². The van der Waals surface area contributed by atoms with Crippen LogP contribution in [0.25, 0.3) is 0 Å². The molecule has 2 aromatic rings. The van der Waals surface area contributed by atoms with Crippen LogP contribution in [0.5, 0.6) is 0 Å². The summed E-state index contributed by atoms with van der Waals surface area (Å²) in [6, 6.07) is 0. The molecule has 110 valence electrons. The monoisotopic (exact) mass is 285 g/mol. The van der Waals surface area contributed by atoms with Gasteiger partial charge in [0.05, 0.1) is 6.20 Å². The second kappa shape index (κ2) is 4.72. The summed E-state index contributed by atoms with van der Waals surface area (Å²) in [5.74, 6) is 0.0612. The van der Waals surface area contributed by atoms with Crippen molar-refractivity contribution >= 4 is 5.91 Å². The Morgan fingerprint density at radius 3 is 3.10 bits per heavy atom. The van der Waals surface area contributed by atoms with E-state index in [2.05, 4.69) is 15.3 Å². The smallest absolute Gasteiger partial charge is 0.274 e. The molecule has 6 heteroatoms. The molecular formula is C15H19N5O. The van der Waals surface area contributed by atoms with Crippen LogP contribution < -0.4 is 0 Å². The average molecular weight is 285 g/mol. The van der Waals surface area contributed by atoms with Crippen molar-refractivity contribution in [1.29, 1.82) is 0 Å². The minimum Gasteiger partial charge on any atom is -0.333 e. The predicted octanol–water partition coefficient (Wildman–Crippen LogP) is 1.22. The zero-order valence-corrected chi connectivity index (χ0v) is 12.2. The number of nitrogens with one attached hydrogen (secondary N) is 1. The molecule has 1 N–H and O–H groups in total. The lowest BCUT2D eigenvalue weighted by Gasteiger charge is -2.19. The molecular weight excluding hydrogens is 266 g/mol. The van der Waals surface area contributed by atoms with Crippen LogP contribution in [0.2, 0.25) is 0 Å². The molecule has 0 spiro atoms. The van der Waals surface area contributed by atoms with Crippen LogP contribution in [0.3, 0.4) is 0 Å². The Bertz CT molecular complexity index is 699. The first-order valence-electron chi connectivity index (χ1n) is 7.59. The van der Waals surface area contributed by atoms with E-state index in [1.807, 2.05) is 22.8 Å². The fraction of sp³-hybridized carbons (Fsp3) is 0.533. The molecule has 0 unspecified atom stereocenters. The van der Waals surface area contributed by atoms with Crippen LogP contribution >= 0.6 is 0 Å². The Labute approximate surface area is 123 Å². The number of hydrogen-bond acceptors (Lipinski definition) is 3. The summed E-state index contributed by atoms with van der Waals surface area (Å²) in [7, 11) is 1.97. The third kappa shape index (κ3) is 1.97. The second-order valence-electron chi connectivity index (χ2n) is 5.95. The topological polar surface area (TPSA) is 66.8 Å². The maximum absolute atomic E-state index is 12.8. The molecule has 0 saturated carbocycles. The Kier molecular flexibility index (Phi) is 2.83. The van der Waals surface area contributed by atoms with Crippen LogP contribution in [0, 0.1) is 0 Å². The average Bonchev–Trinajstić information content (AvgIpc) is 3.11. The minimum atomic E-state index is 0.0612. The molecule has 1 aliphatic heterocycles. The van der Waals surface area contributed by atoms with Gasteiger partial charge in [-0.25, -0.2) is 0 Å². The van der Waals surface area contributed by atoms with Crippen LogP contribution in [0.1, 0.15) is 45.8 Å². The predicted molar refractivity (Wildman–Crippen MR) is 76.9 cm³/mol. The van der Waals surface area contributed by atoms with Crippen molar-refractivity contribution in [1.82, 2.24) is 24.9 Å². The molecule has 2 aromatic heterocycles. The summed E-state index contributed by atoms with van der Waals surface area (Å²) in [5, 5.41) is 11.6. The molecule has 0 radical (unpaired) electrons. The highest BCUT2D eigenvalue weighted by Crippen LogP contribution is 2.25. The number of aromatic nitrogens is 4. The number of rotatable bonds is 1. The third-order valence-corrected chi connectivity index (χ3v) is 4.65. The van der Waals surface area contributed by atoms with Gasteiger partial charge in [0.2, 0.25) is 0 Å². The van der Waals surface area contributed by atoms with Gasteiger partial charge in [-0.05, 0) is 32.1 Å². The summed E-state index contributed by atoms with van der Waals surface area (Å²) in [4.78, 5) is 14.7. The second-order valence-corrected chi connectivity index (χ2v) is 5.95. The highest BCUT2D eigenvalue weighted by Gasteiger charge is 2.28. The molecule has 4 rings (SSSR count). The van der Waals surface area contributed by atoms with Gasteiger partial charge in [-0.2, -0.15) is 10.2 Å². The minimum absolute atomic E-state index is 0.0612. The number of aryl methyl sites for hydroxylation is 2. The van der Waals surface area contributed by atoms with Gasteiger partial charge < -0.3 is 4.90 Å². The van der Waals surface area contributed by atoms with E-state index in [9.17, 15) is 4.79 Å². The van der Waals surface area contributed by atoms with Gasteiger partial charge in [-0.15, -0.1) is 0 Å². The van der Waals surface area contributed by atoms with Gasteiger partial charge >= 0.3 is 0 Å². The van der Waals surface area contributed by atoms with Crippen LogP contribution in [-0.4, -0.2) is 37.3 Å². The number of amides is 1. The third-order valence-electron chi connectivity index (χ3n) is 4.65. The normalized spacial score (nSPS) is 17.5. The zero-order valence-electron chi connectivity index (χ0n) is 12.2. The quantitative estimate of drug-likeness (QED) is 0.856. The highest BCUT2D eigenvalue weighted by molar-refractivity contribution is 5.94. The largest absolute Gasteiger partial charge is 0.333 e. The lowest BCUT2D eigenvalue weighted by Crippen LogP contribution is -2.31. The Morgan fingerprint density at radius 2 is 2.19 bits per heavy atom. The zero-order chi connectivity index (χ0) is 14.4. The first-order chi connectivity index (χ1) is 10.2. The molecule has 0 bridgehead atoms. The summed E-state index contributed by atoms with van der Waals surface area (Å²) >= 11 is 0. The molecule has 0 saturated heterocycles. The van der Waals surface area contributed by atoms with Gasteiger partial charge in [-0.1, -0.05) is 0 Å². The molecule has 0 aromatic carbocycles. The van der Waals surface area contributed by atoms with Crippen molar-refractivity contribution in [3.63, 3.8) is 0 Å². The lowest BCUT2D eigenvalue weighted by molar-refractivity contribution is 0.0739. The maximum Gasteiger partial charge on any atom is 0.274 e. The maximum atomic E-state index is 12.8. The van der Waals surface area contributed by atoms with E-state index in [0.29, 0.717) is 12.2 Å². The molecule has 1 amide bonds. The number of carbonyl (C=O) groups excluding carboxylic acids is 1. The van der Waals surface area contributed by atoms with Crippen LogP contribution in [0.15, 0.2) is 6.20 Å². The first-order valence-corrected chi connectivity index (χ1v) is 7.59. The van der Waals surface area contributed by atoms with Crippen molar-refractivity contribution in [3.05, 3.63) is 34.4 Å². The van der Waals surface area contributed by atoms with Gasteiger partial charge in [0.15, 0.2) is 5.69 Å². The van der Waals surface area contributed by atoms with E-state index in [-0.39, 0.29) is 5.91 Å². The van der Waals surface area contributed by atoms with E-state index >= 15 is 0 Å². The van der Waals surface area contributed by atoms with Gasteiger partial charge in [0, 0.05) is 42.7 Å². The number of H-pyrrole nitrogens is 1. The molecule has 21 heavy (non-hydrogen) atoms. The SMILES string of the molecule is Cn1ncc2c1CCCN(C(=O)c1n[nH]c3c1CCC3)C2.